The van der Waals surface area contributed by atoms with Gasteiger partial charge in [0.2, 0.25) is 0 Å². The number of carbonyl (C=O) groups is 1. The second-order valence-corrected chi connectivity index (χ2v) is 5.76. The molecule has 0 aliphatic rings. The highest BCUT2D eigenvalue weighted by Gasteiger charge is 2.18. The first-order chi connectivity index (χ1) is 8.37. The molecule has 4 heteroatoms. The van der Waals surface area contributed by atoms with Crippen LogP contribution in [0, 0.1) is 0 Å². The van der Waals surface area contributed by atoms with Gasteiger partial charge in [0.25, 0.3) is 0 Å². The molecular weight excluding hydrogens is 296 g/mol. The van der Waals surface area contributed by atoms with E-state index in [2.05, 4.69) is 15.9 Å². The van der Waals surface area contributed by atoms with Crippen molar-refractivity contribution in [3.05, 3.63) is 29.3 Å². The SMILES string of the molecule is COc1cc(C(=O)OC(C)(C)C)ccc1CCBr. The molecule has 100 valence electrons. The minimum atomic E-state index is -0.487. The molecular formula is C14H19BrO3. The van der Waals surface area contributed by atoms with E-state index in [4.69, 9.17) is 9.47 Å². The van der Waals surface area contributed by atoms with E-state index >= 15 is 0 Å². The van der Waals surface area contributed by atoms with Gasteiger partial charge < -0.3 is 9.47 Å². The lowest BCUT2D eigenvalue weighted by atomic mass is 10.1. The summed E-state index contributed by atoms with van der Waals surface area (Å²) >= 11 is 3.39. The van der Waals surface area contributed by atoms with Crippen LogP contribution < -0.4 is 4.74 Å². The van der Waals surface area contributed by atoms with Crippen molar-refractivity contribution in [2.24, 2.45) is 0 Å². The molecule has 0 saturated carbocycles. The van der Waals surface area contributed by atoms with E-state index in [1.165, 1.54) is 0 Å². The Balaban J connectivity index is 2.94. The Hall–Kier alpha value is -1.03. The number of ether oxygens (including phenoxy) is 2. The van der Waals surface area contributed by atoms with E-state index in [1.54, 1.807) is 19.2 Å². The van der Waals surface area contributed by atoms with Crippen molar-refractivity contribution in [1.29, 1.82) is 0 Å². The van der Waals surface area contributed by atoms with Crippen molar-refractivity contribution in [3.8, 4) is 5.75 Å². The third-order valence-electron chi connectivity index (χ3n) is 2.29. The van der Waals surface area contributed by atoms with Crippen LogP contribution in [0.2, 0.25) is 0 Å². The summed E-state index contributed by atoms with van der Waals surface area (Å²) in [5, 5.41) is 0.856. The zero-order valence-electron chi connectivity index (χ0n) is 11.2. The molecule has 0 saturated heterocycles. The molecule has 0 aliphatic heterocycles. The van der Waals surface area contributed by atoms with Gasteiger partial charge in [-0.25, -0.2) is 4.79 Å². The lowest BCUT2D eigenvalue weighted by Crippen LogP contribution is -2.23. The van der Waals surface area contributed by atoms with E-state index in [0.717, 1.165) is 23.1 Å². The second kappa shape index (κ2) is 6.23. The summed E-state index contributed by atoms with van der Waals surface area (Å²) < 4.78 is 10.6. The molecule has 1 aromatic carbocycles. The van der Waals surface area contributed by atoms with Gasteiger partial charge in [-0.2, -0.15) is 0 Å². The van der Waals surface area contributed by atoms with Crippen molar-refractivity contribution >= 4 is 21.9 Å². The Morgan fingerprint density at radius 3 is 2.50 bits per heavy atom. The molecule has 0 unspecified atom stereocenters. The highest BCUT2D eigenvalue weighted by Crippen LogP contribution is 2.23. The summed E-state index contributed by atoms with van der Waals surface area (Å²) in [7, 11) is 1.60. The number of rotatable bonds is 4. The summed E-state index contributed by atoms with van der Waals surface area (Å²) in [5.74, 6) is 0.393. The zero-order valence-corrected chi connectivity index (χ0v) is 12.8. The molecule has 1 aromatic rings. The van der Waals surface area contributed by atoms with Crippen molar-refractivity contribution in [2.45, 2.75) is 32.8 Å². The Morgan fingerprint density at radius 1 is 1.33 bits per heavy atom. The van der Waals surface area contributed by atoms with Gasteiger partial charge in [0.05, 0.1) is 12.7 Å². The fourth-order valence-corrected chi connectivity index (χ4v) is 1.94. The number of benzene rings is 1. The molecule has 18 heavy (non-hydrogen) atoms. The number of esters is 1. The molecule has 0 fully saturated rings. The van der Waals surface area contributed by atoms with Crippen LogP contribution in [0.5, 0.6) is 5.75 Å². The standard InChI is InChI=1S/C14H19BrO3/c1-14(2,3)18-13(16)11-6-5-10(7-8-15)12(9-11)17-4/h5-6,9H,7-8H2,1-4H3. The van der Waals surface area contributed by atoms with Crippen molar-refractivity contribution in [1.82, 2.24) is 0 Å². The van der Waals surface area contributed by atoms with Gasteiger partial charge in [-0.3, -0.25) is 0 Å². The average Bonchev–Trinajstić information content (AvgIpc) is 2.27. The van der Waals surface area contributed by atoms with Crippen LogP contribution in [0.1, 0.15) is 36.7 Å². The number of halogens is 1. The van der Waals surface area contributed by atoms with E-state index in [9.17, 15) is 4.79 Å². The summed E-state index contributed by atoms with van der Waals surface area (Å²) in [5.41, 5.74) is 1.10. The van der Waals surface area contributed by atoms with E-state index < -0.39 is 5.60 Å². The van der Waals surface area contributed by atoms with Crippen LogP contribution in [0.15, 0.2) is 18.2 Å². The number of hydrogen-bond acceptors (Lipinski definition) is 3. The monoisotopic (exact) mass is 314 g/mol. The van der Waals surface area contributed by atoms with Crippen molar-refractivity contribution < 1.29 is 14.3 Å². The molecule has 0 atom stereocenters. The van der Waals surface area contributed by atoms with Crippen molar-refractivity contribution in [3.63, 3.8) is 0 Å². The topological polar surface area (TPSA) is 35.5 Å². The van der Waals surface area contributed by atoms with Crippen LogP contribution in [-0.2, 0) is 11.2 Å². The predicted molar refractivity (Wildman–Crippen MR) is 75.7 cm³/mol. The minimum absolute atomic E-state index is 0.328. The maximum atomic E-state index is 11.9. The Labute approximate surface area is 117 Å². The summed E-state index contributed by atoms with van der Waals surface area (Å²) in [6, 6.07) is 5.40. The van der Waals surface area contributed by atoms with Crippen LogP contribution >= 0.6 is 15.9 Å². The van der Waals surface area contributed by atoms with Crippen LogP contribution in [0.25, 0.3) is 0 Å². The van der Waals surface area contributed by atoms with E-state index in [-0.39, 0.29) is 5.97 Å². The molecule has 0 radical (unpaired) electrons. The molecule has 0 aromatic heterocycles. The Kier molecular flexibility index (Phi) is 5.20. The highest BCUT2D eigenvalue weighted by molar-refractivity contribution is 9.09. The number of methoxy groups -OCH3 is 1. The lowest BCUT2D eigenvalue weighted by Gasteiger charge is -2.20. The van der Waals surface area contributed by atoms with E-state index in [0.29, 0.717) is 5.56 Å². The largest absolute Gasteiger partial charge is 0.496 e. The molecule has 3 nitrogen and oxygen atoms in total. The first-order valence-corrected chi connectivity index (χ1v) is 6.96. The third-order valence-corrected chi connectivity index (χ3v) is 2.68. The zero-order chi connectivity index (χ0) is 13.8. The van der Waals surface area contributed by atoms with Gasteiger partial charge in [0.15, 0.2) is 0 Å². The number of aryl methyl sites for hydroxylation is 1. The van der Waals surface area contributed by atoms with Crippen LogP contribution in [0.3, 0.4) is 0 Å². The molecule has 0 amide bonds. The smallest absolute Gasteiger partial charge is 0.338 e. The first-order valence-electron chi connectivity index (χ1n) is 5.83. The van der Waals surface area contributed by atoms with Gasteiger partial charge in [0, 0.05) is 5.33 Å². The predicted octanol–water partition coefficient (Wildman–Crippen LogP) is 3.59. The summed E-state index contributed by atoms with van der Waals surface area (Å²) in [6.45, 7) is 5.55. The number of carbonyl (C=O) groups excluding carboxylic acids is 1. The minimum Gasteiger partial charge on any atom is -0.496 e. The lowest BCUT2D eigenvalue weighted by molar-refractivity contribution is 0.00692. The Morgan fingerprint density at radius 2 is 2.00 bits per heavy atom. The highest BCUT2D eigenvalue weighted by atomic mass is 79.9. The van der Waals surface area contributed by atoms with Gasteiger partial charge in [-0.15, -0.1) is 0 Å². The first kappa shape index (κ1) is 15.0. The van der Waals surface area contributed by atoms with Gasteiger partial charge in [-0.05, 0) is 44.9 Å². The number of alkyl halides is 1. The third kappa shape index (κ3) is 4.33. The fraction of sp³-hybridized carbons (Fsp3) is 0.500. The molecule has 0 spiro atoms. The molecule has 0 bridgehead atoms. The van der Waals surface area contributed by atoms with Crippen LogP contribution in [-0.4, -0.2) is 24.0 Å². The second-order valence-electron chi connectivity index (χ2n) is 4.97. The van der Waals surface area contributed by atoms with Gasteiger partial charge >= 0.3 is 5.97 Å². The molecule has 1 rings (SSSR count). The quantitative estimate of drug-likeness (QED) is 0.629. The fourth-order valence-electron chi connectivity index (χ4n) is 1.52. The summed E-state index contributed by atoms with van der Waals surface area (Å²) in [6.07, 6.45) is 0.859. The average molecular weight is 315 g/mol. The Bertz CT molecular complexity index is 422. The van der Waals surface area contributed by atoms with Crippen molar-refractivity contribution in [2.75, 3.05) is 12.4 Å². The van der Waals surface area contributed by atoms with Gasteiger partial charge in [-0.1, -0.05) is 22.0 Å². The molecule has 0 heterocycles. The summed E-state index contributed by atoms with van der Waals surface area (Å²) in [4.78, 5) is 11.9. The van der Waals surface area contributed by atoms with Crippen LogP contribution in [0.4, 0.5) is 0 Å². The normalized spacial score (nSPS) is 11.2. The maximum absolute atomic E-state index is 11.9. The van der Waals surface area contributed by atoms with Gasteiger partial charge in [0.1, 0.15) is 11.4 Å². The molecule has 0 N–H and O–H groups in total. The molecule has 0 aliphatic carbocycles. The van der Waals surface area contributed by atoms with E-state index in [1.807, 2.05) is 26.8 Å². The maximum Gasteiger partial charge on any atom is 0.338 e. The number of hydrogen-bond donors (Lipinski definition) is 0.